The smallest absolute Gasteiger partial charge is 0.321 e. The SMILES string of the molecule is COc1cc(CCC(=O)OCC(=O)NC(=O)NC(C)(C)C)cc(OC)c1. The molecule has 1 rings (SSSR count). The van der Waals surface area contributed by atoms with E-state index >= 15 is 0 Å². The Hall–Kier alpha value is -2.77. The maximum absolute atomic E-state index is 11.8. The molecule has 0 heterocycles. The Morgan fingerprint density at radius 2 is 1.58 bits per heavy atom. The van der Waals surface area contributed by atoms with Gasteiger partial charge in [0.2, 0.25) is 0 Å². The number of methoxy groups -OCH3 is 2. The molecule has 0 bridgehead atoms. The van der Waals surface area contributed by atoms with Crippen LogP contribution in [0.3, 0.4) is 0 Å². The largest absolute Gasteiger partial charge is 0.497 e. The first-order valence-corrected chi connectivity index (χ1v) is 8.12. The molecule has 26 heavy (non-hydrogen) atoms. The first kappa shape index (κ1) is 21.3. The van der Waals surface area contributed by atoms with Gasteiger partial charge in [0.1, 0.15) is 11.5 Å². The van der Waals surface area contributed by atoms with Gasteiger partial charge in [-0.3, -0.25) is 14.9 Å². The molecule has 8 heteroatoms. The van der Waals surface area contributed by atoms with Gasteiger partial charge in [-0.2, -0.15) is 0 Å². The minimum atomic E-state index is -0.692. The van der Waals surface area contributed by atoms with Crippen molar-refractivity contribution >= 4 is 17.9 Å². The Balaban J connectivity index is 2.41. The number of hydrogen-bond donors (Lipinski definition) is 2. The second-order valence-corrected chi connectivity index (χ2v) is 6.63. The van der Waals surface area contributed by atoms with Gasteiger partial charge in [-0.25, -0.2) is 4.79 Å². The van der Waals surface area contributed by atoms with Gasteiger partial charge in [0.15, 0.2) is 6.61 Å². The summed E-state index contributed by atoms with van der Waals surface area (Å²) in [4.78, 5) is 34.9. The van der Waals surface area contributed by atoms with E-state index in [-0.39, 0.29) is 6.42 Å². The molecule has 0 aliphatic rings. The number of ether oxygens (including phenoxy) is 3. The molecule has 0 aromatic heterocycles. The number of esters is 1. The molecule has 0 spiro atoms. The lowest BCUT2D eigenvalue weighted by atomic mass is 10.1. The van der Waals surface area contributed by atoms with Gasteiger partial charge < -0.3 is 19.5 Å². The maximum Gasteiger partial charge on any atom is 0.321 e. The number of amides is 3. The third kappa shape index (κ3) is 8.36. The molecule has 0 saturated carbocycles. The Kier molecular flexibility index (Phi) is 7.89. The molecule has 2 N–H and O–H groups in total. The van der Waals surface area contributed by atoms with Gasteiger partial charge in [0, 0.05) is 18.0 Å². The zero-order valence-electron chi connectivity index (χ0n) is 15.8. The van der Waals surface area contributed by atoms with Crippen LogP contribution in [0.5, 0.6) is 11.5 Å². The molecule has 1 aromatic carbocycles. The highest BCUT2D eigenvalue weighted by molar-refractivity contribution is 5.95. The number of nitrogens with one attached hydrogen (secondary N) is 2. The van der Waals surface area contributed by atoms with Gasteiger partial charge in [-0.1, -0.05) is 0 Å². The molecule has 144 valence electrons. The molecule has 3 amide bonds. The highest BCUT2D eigenvalue weighted by Crippen LogP contribution is 2.23. The van der Waals surface area contributed by atoms with Crippen LogP contribution in [0.25, 0.3) is 0 Å². The van der Waals surface area contributed by atoms with E-state index < -0.39 is 30.1 Å². The lowest BCUT2D eigenvalue weighted by Crippen LogP contribution is -2.49. The minimum Gasteiger partial charge on any atom is -0.497 e. The zero-order chi connectivity index (χ0) is 19.7. The quantitative estimate of drug-likeness (QED) is 0.714. The topological polar surface area (TPSA) is 103 Å². The van der Waals surface area contributed by atoms with Crippen LogP contribution in [-0.2, 0) is 20.7 Å². The van der Waals surface area contributed by atoms with Crippen molar-refractivity contribution in [1.29, 1.82) is 0 Å². The highest BCUT2D eigenvalue weighted by atomic mass is 16.5. The van der Waals surface area contributed by atoms with Crippen LogP contribution in [0.1, 0.15) is 32.8 Å². The maximum atomic E-state index is 11.8. The summed E-state index contributed by atoms with van der Waals surface area (Å²) in [5, 5.41) is 4.67. The second kappa shape index (κ2) is 9.65. The monoisotopic (exact) mass is 366 g/mol. The van der Waals surface area contributed by atoms with Gasteiger partial charge >= 0.3 is 12.0 Å². The highest BCUT2D eigenvalue weighted by Gasteiger charge is 2.16. The van der Waals surface area contributed by atoms with E-state index in [1.165, 1.54) is 0 Å². The Bertz CT molecular complexity index is 629. The van der Waals surface area contributed by atoms with Crippen molar-refractivity contribution in [3.8, 4) is 11.5 Å². The van der Waals surface area contributed by atoms with Crippen molar-refractivity contribution in [3.05, 3.63) is 23.8 Å². The molecule has 0 saturated heterocycles. The van der Waals surface area contributed by atoms with Gasteiger partial charge in [0.25, 0.3) is 5.91 Å². The molecular weight excluding hydrogens is 340 g/mol. The molecule has 0 aliphatic heterocycles. The van der Waals surface area contributed by atoms with Crippen LogP contribution >= 0.6 is 0 Å². The summed E-state index contributed by atoms with van der Waals surface area (Å²) in [7, 11) is 3.09. The van der Waals surface area contributed by atoms with Crippen molar-refractivity contribution in [1.82, 2.24) is 10.6 Å². The normalized spacial score (nSPS) is 10.7. The van der Waals surface area contributed by atoms with Crippen LogP contribution in [0, 0.1) is 0 Å². The van der Waals surface area contributed by atoms with E-state index in [0.717, 1.165) is 5.56 Å². The van der Waals surface area contributed by atoms with E-state index in [9.17, 15) is 14.4 Å². The number of carbonyl (C=O) groups excluding carboxylic acids is 3. The number of carbonyl (C=O) groups is 3. The fraction of sp³-hybridized carbons (Fsp3) is 0.500. The number of aryl methyl sites for hydroxylation is 1. The van der Waals surface area contributed by atoms with Crippen LogP contribution in [0.4, 0.5) is 4.79 Å². The number of benzene rings is 1. The second-order valence-electron chi connectivity index (χ2n) is 6.63. The number of urea groups is 1. The van der Waals surface area contributed by atoms with Crippen molar-refractivity contribution in [2.45, 2.75) is 39.2 Å². The zero-order valence-corrected chi connectivity index (χ0v) is 15.8. The molecule has 0 aliphatic carbocycles. The summed E-state index contributed by atoms with van der Waals surface area (Å²) in [6, 6.07) is 4.68. The molecular formula is C18H26N2O6. The van der Waals surface area contributed by atoms with Crippen LogP contribution in [0.2, 0.25) is 0 Å². The summed E-state index contributed by atoms with van der Waals surface area (Å²) in [6.07, 6.45) is 0.482. The lowest BCUT2D eigenvalue weighted by molar-refractivity contribution is -0.148. The predicted octanol–water partition coefficient (Wildman–Crippen LogP) is 1.80. The number of hydrogen-bond acceptors (Lipinski definition) is 6. The molecule has 0 unspecified atom stereocenters. The van der Waals surface area contributed by atoms with E-state index in [4.69, 9.17) is 14.2 Å². The van der Waals surface area contributed by atoms with Crippen molar-refractivity contribution < 1.29 is 28.6 Å². The minimum absolute atomic E-state index is 0.0811. The Morgan fingerprint density at radius 1 is 1.00 bits per heavy atom. The molecule has 8 nitrogen and oxygen atoms in total. The standard InChI is InChI=1S/C18H26N2O6/c1-18(2,3)20-17(23)19-15(21)11-26-16(22)7-6-12-8-13(24-4)10-14(9-12)25-5/h8-10H,6-7,11H2,1-5H3,(H2,19,20,21,23). The van der Waals surface area contributed by atoms with Gasteiger partial charge in [-0.15, -0.1) is 0 Å². The summed E-state index contributed by atoms with van der Waals surface area (Å²) < 4.78 is 15.2. The first-order valence-electron chi connectivity index (χ1n) is 8.12. The summed E-state index contributed by atoms with van der Waals surface area (Å²) in [5.41, 5.74) is 0.367. The third-order valence-corrected chi connectivity index (χ3v) is 3.13. The fourth-order valence-electron chi connectivity index (χ4n) is 2.01. The molecule has 0 radical (unpaired) electrons. The Morgan fingerprint density at radius 3 is 2.08 bits per heavy atom. The summed E-state index contributed by atoms with van der Waals surface area (Å²) >= 11 is 0. The number of imide groups is 1. The number of rotatable bonds is 7. The van der Waals surface area contributed by atoms with Crippen molar-refractivity contribution in [2.24, 2.45) is 0 Å². The Labute approximate surface area is 153 Å². The summed E-state index contributed by atoms with van der Waals surface area (Å²) in [5.74, 6) is 0.00947. The predicted molar refractivity (Wildman–Crippen MR) is 95.3 cm³/mol. The van der Waals surface area contributed by atoms with Crippen LogP contribution in [-0.4, -0.2) is 44.3 Å². The molecule has 0 fully saturated rings. The van der Waals surface area contributed by atoms with Gasteiger partial charge in [-0.05, 0) is 44.9 Å². The molecule has 0 atom stereocenters. The van der Waals surface area contributed by atoms with E-state index in [2.05, 4.69) is 10.6 Å². The lowest BCUT2D eigenvalue weighted by Gasteiger charge is -2.20. The van der Waals surface area contributed by atoms with E-state index in [1.807, 2.05) is 0 Å². The fourth-order valence-corrected chi connectivity index (χ4v) is 2.01. The van der Waals surface area contributed by atoms with Crippen molar-refractivity contribution in [3.63, 3.8) is 0 Å². The summed E-state index contributed by atoms with van der Waals surface area (Å²) in [6.45, 7) is 4.83. The van der Waals surface area contributed by atoms with Crippen LogP contribution in [0.15, 0.2) is 18.2 Å². The van der Waals surface area contributed by atoms with E-state index in [1.54, 1.807) is 53.2 Å². The third-order valence-electron chi connectivity index (χ3n) is 3.13. The average molecular weight is 366 g/mol. The average Bonchev–Trinajstić information content (AvgIpc) is 2.55. The molecule has 1 aromatic rings. The van der Waals surface area contributed by atoms with E-state index in [0.29, 0.717) is 17.9 Å². The first-order chi connectivity index (χ1) is 12.1. The van der Waals surface area contributed by atoms with Crippen molar-refractivity contribution in [2.75, 3.05) is 20.8 Å². The van der Waals surface area contributed by atoms with Crippen LogP contribution < -0.4 is 20.1 Å². The van der Waals surface area contributed by atoms with Gasteiger partial charge in [0.05, 0.1) is 14.2 Å².